The molecule has 0 aliphatic carbocycles. The maximum absolute atomic E-state index is 13.6. The zero-order valence-corrected chi connectivity index (χ0v) is 12.0. The molecule has 0 aromatic heterocycles. The van der Waals surface area contributed by atoms with Gasteiger partial charge in [-0.2, -0.15) is 0 Å². The second-order valence-electron chi connectivity index (χ2n) is 3.75. The summed E-state index contributed by atoms with van der Waals surface area (Å²) in [4.78, 5) is 0.159. The van der Waals surface area contributed by atoms with E-state index in [1.807, 2.05) is 0 Å². The van der Waals surface area contributed by atoms with Crippen molar-refractivity contribution in [2.75, 3.05) is 5.32 Å². The number of hydrogen-bond donors (Lipinski definition) is 2. The monoisotopic (exact) mass is 342 g/mol. The molecule has 98 valence electrons. The molecule has 19 heavy (non-hydrogen) atoms. The summed E-state index contributed by atoms with van der Waals surface area (Å²) in [6.07, 6.45) is 0. The van der Waals surface area contributed by atoms with Crippen LogP contribution < -0.4 is 11.1 Å². The van der Waals surface area contributed by atoms with Crippen molar-refractivity contribution in [3.63, 3.8) is 0 Å². The number of nitrogens with two attached hydrogens (primary N) is 1. The quantitative estimate of drug-likeness (QED) is 0.824. The lowest BCUT2D eigenvalue weighted by molar-refractivity contribution is 0.512. The van der Waals surface area contributed by atoms with E-state index in [2.05, 4.69) is 21.2 Å². The van der Waals surface area contributed by atoms with Gasteiger partial charge in [-0.05, 0) is 40.2 Å². The predicted octanol–water partition coefficient (Wildman–Crippen LogP) is 4.11. The number of rotatable bonds is 3. The summed E-state index contributed by atoms with van der Waals surface area (Å²) in [5.74, 6) is -1.87. The lowest BCUT2D eigenvalue weighted by Crippen LogP contribution is -2.13. The number of hydrogen-bond acceptors (Lipinski definition) is 2. The summed E-state index contributed by atoms with van der Waals surface area (Å²) in [5.41, 5.74) is 6.70. The van der Waals surface area contributed by atoms with E-state index in [1.165, 1.54) is 12.1 Å². The topological polar surface area (TPSA) is 38.0 Å². The van der Waals surface area contributed by atoms with Crippen molar-refractivity contribution in [2.45, 2.75) is 0 Å². The van der Waals surface area contributed by atoms with Gasteiger partial charge >= 0.3 is 0 Å². The van der Waals surface area contributed by atoms with E-state index < -0.39 is 11.6 Å². The molecule has 0 bridgehead atoms. The van der Waals surface area contributed by atoms with Crippen molar-refractivity contribution in [2.24, 2.45) is 5.73 Å². The smallest absolute Gasteiger partial charge is 0.182 e. The van der Waals surface area contributed by atoms with Crippen molar-refractivity contribution in [3.05, 3.63) is 58.1 Å². The Kier molecular flexibility index (Phi) is 4.11. The Labute approximate surface area is 122 Å². The molecule has 0 aliphatic heterocycles. The van der Waals surface area contributed by atoms with Crippen molar-refractivity contribution >= 4 is 44.5 Å². The fourth-order valence-corrected chi connectivity index (χ4v) is 2.56. The van der Waals surface area contributed by atoms with E-state index in [0.29, 0.717) is 15.7 Å². The summed E-state index contributed by atoms with van der Waals surface area (Å²) in [6, 6.07) is 9.09. The molecular formula is C13H9BrF2N2S. The molecule has 0 atom stereocenters. The minimum atomic E-state index is -0.948. The molecule has 2 aromatic carbocycles. The molecule has 0 amide bonds. The third-order valence-corrected chi connectivity index (χ3v) is 3.35. The Morgan fingerprint density at radius 2 is 1.74 bits per heavy atom. The summed E-state index contributed by atoms with van der Waals surface area (Å²) < 4.78 is 27.4. The highest BCUT2D eigenvalue weighted by atomic mass is 79.9. The van der Waals surface area contributed by atoms with E-state index in [-0.39, 0.29) is 10.7 Å². The first-order valence-electron chi connectivity index (χ1n) is 5.30. The SMILES string of the molecule is NC(=S)c1c(Br)cccc1Nc1cccc(F)c1F. The third-order valence-electron chi connectivity index (χ3n) is 2.48. The molecule has 0 heterocycles. The zero-order valence-electron chi connectivity index (χ0n) is 9.58. The van der Waals surface area contributed by atoms with Crippen LogP contribution in [-0.2, 0) is 0 Å². The maximum Gasteiger partial charge on any atom is 0.182 e. The minimum Gasteiger partial charge on any atom is -0.389 e. The number of thiocarbonyl (C=S) groups is 1. The van der Waals surface area contributed by atoms with Gasteiger partial charge in [0.2, 0.25) is 0 Å². The highest BCUT2D eigenvalue weighted by Gasteiger charge is 2.12. The van der Waals surface area contributed by atoms with Crippen molar-refractivity contribution < 1.29 is 8.78 Å². The van der Waals surface area contributed by atoms with Crippen molar-refractivity contribution in [1.29, 1.82) is 0 Å². The van der Waals surface area contributed by atoms with Crippen LogP contribution in [0.5, 0.6) is 0 Å². The van der Waals surface area contributed by atoms with Crippen molar-refractivity contribution in [3.8, 4) is 0 Å². The molecule has 0 saturated carbocycles. The van der Waals surface area contributed by atoms with E-state index in [4.69, 9.17) is 18.0 Å². The van der Waals surface area contributed by atoms with E-state index in [1.54, 1.807) is 18.2 Å². The number of halogens is 3. The summed E-state index contributed by atoms with van der Waals surface area (Å²) in [6.45, 7) is 0. The minimum absolute atomic E-state index is 0.0237. The fraction of sp³-hybridized carbons (Fsp3) is 0. The molecule has 0 radical (unpaired) electrons. The molecule has 0 unspecified atom stereocenters. The van der Waals surface area contributed by atoms with Crippen LogP contribution in [0, 0.1) is 11.6 Å². The Hall–Kier alpha value is -1.53. The van der Waals surface area contributed by atoms with Crippen molar-refractivity contribution in [1.82, 2.24) is 0 Å². The molecule has 0 spiro atoms. The van der Waals surface area contributed by atoms with Gasteiger partial charge in [0.25, 0.3) is 0 Å². The maximum atomic E-state index is 13.6. The second kappa shape index (κ2) is 5.63. The molecule has 6 heteroatoms. The van der Waals surface area contributed by atoms with Crippen LogP contribution in [0.25, 0.3) is 0 Å². The molecule has 2 aromatic rings. The van der Waals surface area contributed by atoms with Gasteiger partial charge in [0.05, 0.1) is 5.69 Å². The fourth-order valence-electron chi connectivity index (χ4n) is 1.62. The number of nitrogens with one attached hydrogen (secondary N) is 1. The van der Waals surface area contributed by atoms with Gasteiger partial charge < -0.3 is 11.1 Å². The predicted molar refractivity (Wildman–Crippen MR) is 79.7 cm³/mol. The first-order valence-corrected chi connectivity index (χ1v) is 6.50. The second-order valence-corrected chi connectivity index (χ2v) is 5.05. The summed E-state index contributed by atoms with van der Waals surface area (Å²) in [7, 11) is 0. The molecule has 0 aliphatic rings. The van der Waals surface area contributed by atoms with Crippen LogP contribution in [-0.4, -0.2) is 4.99 Å². The van der Waals surface area contributed by atoms with E-state index in [0.717, 1.165) is 6.07 Å². The molecule has 0 fully saturated rings. The average Bonchev–Trinajstić information content (AvgIpc) is 2.34. The third kappa shape index (κ3) is 2.90. The lowest BCUT2D eigenvalue weighted by atomic mass is 10.1. The van der Waals surface area contributed by atoms with Gasteiger partial charge in [-0.1, -0.05) is 24.4 Å². The molecule has 3 N–H and O–H groups in total. The zero-order chi connectivity index (χ0) is 14.0. The van der Waals surface area contributed by atoms with Gasteiger partial charge in [0, 0.05) is 15.7 Å². The normalized spacial score (nSPS) is 10.3. The van der Waals surface area contributed by atoms with E-state index in [9.17, 15) is 8.78 Å². The Morgan fingerprint density at radius 3 is 2.42 bits per heavy atom. The first-order chi connectivity index (χ1) is 9.00. The Balaban J connectivity index is 2.47. The van der Waals surface area contributed by atoms with Crippen LogP contribution in [0.2, 0.25) is 0 Å². The largest absolute Gasteiger partial charge is 0.389 e. The van der Waals surface area contributed by atoms with Gasteiger partial charge in [0.15, 0.2) is 11.6 Å². The van der Waals surface area contributed by atoms with Crippen LogP contribution >= 0.6 is 28.1 Å². The molecule has 2 rings (SSSR count). The molecule has 2 nitrogen and oxygen atoms in total. The van der Waals surface area contributed by atoms with Crippen LogP contribution in [0.4, 0.5) is 20.2 Å². The standard InChI is InChI=1S/C13H9BrF2N2S/c14-7-3-1-5-9(11(7)13(17)19)18-10-6-2-4-8(15)12(10)16/h1-6,18H,(H2,17,19). The van der Waals surface area contributed by atoms with E-state index >= 15 is 0 Å². The summed E-state index contributed by atoms with van der Waals surface area (Å²) >= 11 is 8.27. The number of anilines is 2. The average molecular weight is 343 g/mol. The van der Waals surface area contributed by atoms with Crippen LogP contribution in [0.3, 0.4) is 0 Å². The summed E-state index contributed by atoms with van der Waals surface area (Å²) in [5, 5.41) is 2.79. The number of benzene rings is 2. The highest BCUT2D eigenvalue weighted by molar-refractivity contribution is 9.10. The van der Waals surface area contributed by atoms with Gasteiger partial charge in [0.1, 0.15) is 4.99 Å². The van der Waals surface area contributed by atoms with Crippen LogP contribution in [0.15, 0.2) is 40.9 Å². The van der Waals surface area contributed by atoms with Gasteiger partial charge in [-0.3, -0.25) is 0 Å². The van der Waals surface area contributed by atoms with Crippen LogP contribution in [0.1, 0.15) is 5.56 Å². The highest BCUT2D eigenvalue weighted by Crippen LogP contribution is 2.29. The Bertz CT molecular complexity index is 647. The molecular weight excluding hydrogens is 334 g/mol. The van der Waals surface area contributed by atoms with Gasteiger partial charge in [-0.25, -0.2) is 8.78 Å². The first kappa shape index (κ1) is 13.9. The Morgan fingerprint density at radius 1 is 1.11 bits per heavy atom. The molecule has 0 saturated heterocycles. The van der Waals surface area contributed by atoms with Gasteiger partial charge in [-0.15, -0.1) is 0 Å². The lowest BCUT2D eigenvalue weighted by Gasteiger charge is -2.13.